The zero-order chi connectivity index (χ0) is 17.0. The van der Waals surface area contributed by atoms with E-state index in [-0.39, 0.29) is 12.0 Å². The van der Waals surface area contributed by atoms with Gasteiger partial charge in [-0.1, -0.05) is 52.5 Å². The molecule has 0 heterocycles. The molecule has 0 saturated carbocycles. The lowest BCUT2D eigenvalue weighted by Gasteiger charge is -2.23. The summed E-state index contributed by atoms with van der Waals surface area (Å²) in [7, 11) is 0. The number of esters is 1. The number of carbonyl (C=O) groups is 2. The van der Waals surface area contributed by atoms with E-state index in [1.807, 2.05) is 0 Å². The maximum Gasteiger partial charge on any atom is 0.332 e. The normalized spacial score (nSPS) is 14.2. The van der Waals surface area contributed by atoms with Crippen molar-refractivity contribution in [1.29, 1.82) is 0 Å². The minimum Gasteiger partial charge on any atom is -0.426 e. The van der Waals surface area contributed by atoms with E-state index in [4.69, 9.17) is 10.5 Å². The molecule has 0 saturated heterocycles. The summed E-state index contributed by atoms with van der Waals surface area (Å²) in [4.78, 5) is 22.7. The van der Waals surface area contributed by atoms with Gasteiger partial charge in [-0.15, -0.1) is 0 Å². The lowest BCUT2D eigenvalue weighted by Crippen LogP contribution is -2.33. The average Bonchev–Trinajstić information content (AvgIpc) is 2.49. The first-order valence-corrected chi connectivity index (χ1v) is 7.97. The van der Waals surface area contributed by atoms with E-state index in [9.17, 15) is 14.7 Å². The molecule has 22 heavy (non-hydrogen) atoms. The molecule has 0 aromatic rings. The topological polar surface area (TPSA) is 89.6 Å². The quantitative estimate of drug-likeness (QED) is 0.251. The van der Waals surface area contributed by atoms with E-state index in [0.717, 1.165) is 25.3 Å². The fourth-order valence-corrected chi connectivity index (χ4v) is 2.05. The number of amides is 1. The third kappa shape index (κ3) is 8.62. The molecule has 0 aliphatic rings. The van der Waals surface area contributed by atoms with Crippen molar-refractivity contribution in [1.82, 2.24) is 0 Å². The highest BCUT2D eigenvalue weighted by Gasteiger charge is 2.27. The van der Waals surface area contributed by atoms with E-state index >= 15 is 0 Å². The van der Waals surface area contributed by atoms with Gasteiger partial charge in [0.25, 0.3) is 0 Å². The highest BCUT2D eigenvalue weighted by molar-refractivity contribution is 5.92. The van der Waals surface area contributed by atoms with Gasteiger partial charge in [0.1, 0.15) is 0 Å². The van der Waals surface area contributed by atoms with Crippen LogP contribution in [-0.2, 0) is 14.3 Å². The first kappa shape index (κ1) is 20.4. The predicted molar refractivity (Wildman–Crippen MR) is 86.8 cm³/mol. The summed E-state index contributed by atoms with van der Waals surface area (Å²) in [5, 5.41) is 10.2. The number of hydrogen-bond donors (Lipinski definition) is 2. The van der Waals surface area contributed by atoms with Crippen molar-refractivity contribution < 1.29 is 19.4 Å². The molecule has 0 rings (SSSR count). The third-order valence-corrected chi connectivity index (χ3v) is 3.47. The maximum atomic E-state index is 11.5. The number of ether oxygens (including phenoxy) is 1. The van der Waals surface area contributed by atoms with Gasteiger partial charge in [-0.3, -0.25) is 4.79 Å². The summed E-state index contributed by atoms with van der Waals surface area (Å²) in [6.45, 7) is 7.09. The molecule has 0 fully saturated rings. The number of aliphatic hydroxyl groups is 1. The third-order valence-electron chi connectivity index (χ3n) is 3.47. The van der Waals surface area contributed by atoms with Gasteiger partial charge in [-0.05, 0) is 18.9 Å². The molecule has 0 aromatic carbocycles. The second-order valence-corrected chi connectivity index (χ2v) is 5.38. The van der Waals surface area contributed by atoms with Crippen molar-refractivity contribution in [3.05, 3.63) is 24.3 Å². The number of hydrogen-bond acceptors (Lipinski definition) is 4. The summed E-state index contributed by atoms with van der Waals surface area (Å²) >= 11 is 0. The molecular weight excluding hydrogens is 282 g/mol. The van der Waals surface area contributed by atoms with Crippen molar-refractivity contribution in [3.8, 4) is 0 Å². The zero-order valence-corrected chi connectivity index (χ0v) is 13.8. The van der Waals surface area contributed by atoms with Crippen LogP contribution in [0.15, 0.2) is 24.3 Å². The Balaban J connectivity index is 4.65. The first-order chi connectivity index (χ1) is 10.4. The van der Waals surface area contributed by atoms with Crippen molar-refractivity contribution in [2.75, 3.05) is 0 Å². The fraction of sp³-hybridized carbons (Fsp3) is 0.647. The van der Waals surface area contributed by atoms with Crippen LogP contribution in [0, 0.1) is 0 Å². The molecule has 0 aliphatic heterocycles. The molecule has 0 radical (unpaired) electrons. The summed E-state index contributed by atoms with van der Waals surface area (Å²) in [6, 6.07) is 0. The van der Waals surface area contributed by atoms with Crippen LogP contribution in [0.2, 0.25) is 0 Å². The Bertz CT molecular complexity index is 403. The first-order valence-electron chi connectivity index (χ1n) is 7.97. The number of rotatable bonds is 12. The van der Waals surface area contributed by atoms with Crippen LogP contribution in [-0.4, -0.2) is 22.8 Å². The van der Waals surface area contributed by atoms with Gasteiger partial charge in [0.05, 0.1) is 0 Å². The van der Waals surface area contributed by atoms with Gasteiger partial charge >= 0.3 is 5.97 Å². The average molecular weight is 311 g/mol. The molecule has 0 spiro atoms. The molecule has 0 aliphatic carbocycles. The molecular formula is C17H29NO4. The van der Waals surface area contributed by atoms with E-state index in [1.54, 1.807) is 6.92 Å². The standard InChI is InChI=1S/C17H29NO4/c1-4-7-8-9-10-11-12-14(16(18)20)13-17(21,6-3)22-15(19)5-2/h5,13,21H,2,4,6-12H2,1,3H3,(H2,18,20)/b14-13+. The minimum absolute atomic E-state index is 0.125. The van der Waals surface area contributed by atoms with Gasteiger partial charge in [-0.2, -0.15) is 0 Å². The van der Waals surface area contributed by atoms with Gasteiger partial charge in [0.15, 0.2) is 0 Å². The van der Waals surface area contributed by atoms with Gasteiger partial charge < -0.3 is 15.6 Å². The summed E-state index contributed by atoms with van der Waals surface area (Å²) < 4.78 is 4.89. The number of nitrogens with two attached hydrogens (primary N) is 1. The van der Waals surface area contributed by atoms with Crippen LogP contribution in [0.3, 0.4) is 0 Å². The predicted octanol–water partition coefficient (Wildman–Crippen LogP) is 2.98. The minimum atomic E-state index is -1.82. The van der Waals surface area contributed by atoms with Crippen LogP contribution in [0.1, 0.15) is 65.2 Å². The molecule has 0 bridgehead atoms. The summed E-state index contributed by atoms with van der Waals surface area (Å²) in [5.41, 5.74) is 5.63. The lowest BCUT2D eigenvalue weighted by atomic mass is 10.0. The van der Waals surface area contributed by atoms with Crippen LogP contribution in [0.5, 0.6) is 0 Å². The second kappa shape index (κ2) is 11.0. The zero-order valence-electron chi connectivity index (χ0n) is 13.8. The Labute approximate surface area is 133 Å². The van der Waals surface area contributed by atoms with Crippen LogP contribution in [0.4, 0.5) is 0 Å². The van der Waals surface area contributed by atoms with Crippen LogP contribution in [0.25, 0.3) is 0 Å². The number of unbranched alkanes of at least 4 members (excludes halogenated alkanes) is 5. The monoisotopic (exact) mass is 311 g/mol. The van der Waals surface area contributed by atoms with E-state index in [2.05, 4.69) is 13.5 Å². The Hall–Kier alpha value is -1.62. The molecule has 126 valence electrons. The van der Waals surface area contributed by atoms with Crippen LogP contribution < -0.4 is 5.73 Å². The highest BCUT2D eigenvalue weighted by Crippen LogP contribution is 2.20. The van der Waals surface area contributed by atoms with Gasteiger partial charge in [0.2, 0.25) is 11.7 Å². The van der Waals surface area contributed by atoms with Gasteiger partial charge in [0, 0.05) is 18.1 Å². The van der Waals surface area contributed by atoms with Gasteiger partial charge in [-0.25, -0.2) is 4.79 Å². The fourth-order valence-electron chi connectivity index (χ4n) is 2.05. The molecule has 3 N–H and O–H groups in total. The van der Waals surface area contributed by atoms with Crippen LogP contribution >= 0.6 is 0 Å². The molecule has 0 aromatic heterocycles. The lowest BCUT2D eigenvalue weighted by molar-refractivity contribution is -0.185. The molecule has 1 unspecified atom stereocenters. The Morgan fingerprint density at radius 3 is 2.27 bits per heavy atom. The summed E-state index contributed by atoms with van der Waals surface area (Å²) in [5.74, 6) is -3.17. The summed E-state index contributed by atoms with van der Waals surface area (Å²) in [6.07, 6.45) is 9.32. The van der Waals surface area contributed by atoms with Crippen molar-refractivity contribution in [3.63, 3.8) is 0 Å². The molecule has 1 atom stereocenters. The highest BCUT2D eigenvalue weighted by atomic mass is 16.7. The smallest absolute Gasteiger partial charge is 0.332 e. The van der Waals surface area contributed by atoms with E-state index in [0.29, 0.717) is 6.42 Å². The Morgan fingerprint density at radius 1 is 1.18 bits per heavy atom. The molecule has 5 nitrogen and oxygen atoms in total. The largest absolute Gasteiger partial charge is 0.426 e. The molecule has 5 heteroatoms. The number of primary amides is 1. The van der Waals surface area contributed by atoms with Crippen molar-refractivity contribution in [2.24, 2.45) is 5.73 Å². The Morgan fingerprint density at radius 2 is 1.77 bits per heavy atom. The van der Waals surface area contributed by atoms with E-state index < -0.39 is 17.7 Å². The number of carbonyl (C=O) groups excluding carboxylic acids is 2. The molecule has 1 amide bonds. The van der Waals surface area contributed by atoms with Crippen molar-refractivity contribution in [2.45, 2.75) is 71.0 Å². The second-order valence-electron chi connectivity index (χ2n) is 5.38. The Kier molecular flexibility index (Phi) is 10.2. The maximum absolute atomic E-state index is 11.5. The van der Waals surface area contributed by atoms with E-state index in [1.165, 1.54) is 25.3 Å². The van der Waals surface area contributed by atoms with Crippen molar-refractivity contribution >= 4 is 11.9 Å². The SMILES string of the molecule is C=CC(=O)OC(O)(/C=C(\CCCCCCCC)C(N)=O)CC.